The van der Waals surface area contributed by atoms with Crippen molar-refractivity contribution in [2.45, 2.75) is 38.6 Å². The van der Waals surface area contributed by atoms with Gasteiger partial charge >= 0.3 is 5.97 Å². The first kappa shape index (κ1) is 15.8. The number of carbonyl (C=O) groups excluding carboxylic acids is 2. The van der Waals surface area contributed by atoms with Gasteiger partial charge in [0.1, 0.15) is 0 Å². The summed E-state index contributed by atoms with van der Waals surface area (Å²) in [6.07, 6.45) is 1.99. The van der Waals surface area contributed by atoms with Crippen molar-refractivity contribution in [2.24, 2.45) is 5.73 Å². The van der Waals surface area contributed by atoms with Crippen LogP contribution in [0.3, 0.4) is 0 Å². The zero-order valence-corrected chi connectivity index (χ0v) is 12.7. The van der Waals surface area contributed by atoms with Crippen LogP contribution in [0.2, 0.25) is 5.02 Å². The Morgan fingerprint density at radius 3 is 3.00 bits per heavy atom. The van der Waals surface area contributed by atoms with Crippen molar-refractivity contribution in [3.63, 3.8) is 0 Å². The van der Waals surface area contributed by atoms with Crippen LogP contribution in [-0.2, 0) is 20.7 Å². The fourth-order valence-electron chi connectivity index (χ4n) is 2.41. The van der Waals surface area contributed by atoms with Crippen molar-refractivity contribution in [1.29, 1.82) is 0 Å². The molecule has 1 unspecified atom stereocenters. The van der Waals surface area contributed by atoms with Gasteiger partial charge in [0.05, 0.1) is 13.0 Å². The lowest BCUT2D eigenvalue weighted by Crippen LogP contribution is -2.12. The number of nitrogens with one attached hydrogen (secondary N) is 1. The number of anilines is 1. The van der Waals surface area contributed by atoms with E-state index in [0.29, 0.717) is 37.3 Å². The van der Waals surface area contributed by atoms with E-state index in [1.54, 1.807) is 13.0 Å². The number of esters is 1. The van der Waals surface area contributed by atoms with Crippen LogP contribution in [0.1, 0.15) is 43.4 Å². The third kappa shape index (κ3) is 3.95. The summed E-state index contributed by atoms with van der Waals surface area (Å²) >= 11 is 6.22. The first-order valence-corrected chi connectivity index (χ1v) is 7.42. The molecule has 1 aliphatic heterocycles. The zero-order valence-electron chi connectivity index (χ0n) is 11.9. The summed E-state index contributed by atoms with van der Waals surface area (Å²) in [6.45, 7) is 2.17. The molecular weight excluding hydrogens is 292 g/mol. The summed E-state index contributed by atoms with van der Waals surface area (Å²) in [5.41, 5.74) is 8.63. The summed E-state index contributed by atoms with van der Waals surface area (Å²) in [6, 6.07) is 3.36. The predicted molar refractivity (Wildman–Crippen MR) is 81.2 cm³/mol. The number of amides is 1. The molecule has 114 valence electrons. The molecule has 0 aromatic heterocycles. The lowest BCUT2D eigenvalue weighted by atomic mass is 9.98. The minimum atomic E-state index is -0.257. The summed E-state index contributed by atoms with van der Waals surface area (Å²) < 4.78 is 4.87. The Hall–Kier alpha value is -1.59. The van der Waals surface area contributed by atoms with Crippen LogP contribution in [0.4, 0.5) is 5.69 Å². The van der Waals surface area contributed by atoms with Crippen molar-refractivity contribution in [2.75, 3.05) is 11.9 Å². The summed E-state index contributed by atoms with van der Waals surface area (Å²) in [4.78, 5) is 22.6. The maximum atomic E-state index is 11.4. The first-order chi connectivity index (χ1) is 10.0. The van der Waals surface area contributed by atoms with Gasteiger partial charge in [-0.2, -0.15) is 0 Å². The number of ether oxygens (including phenoxy) is 1. The molecule has 5 nitrogen and oxygen atoms in total. The van der Waals surface area contributed by atoms with Crippen LogP contribution in [0.25, 0.3) is 0 Å². The van der Waals surface area contributed by atoms with Crippen LogP contribution in [0, 0.1) is 0 Å². The lowest BCUT2D eigenvalue weighted by Gasteiger charge is -2.15. The standard InChI is InChI=1S/C15H19ClN2O3/c1-2-21-15(20)5-3-4-12(17)10-6-9-7-14(19)18-13(9)8-11(10)16/h6,8,12H,2-5,7,17H2,1H3,(H,18,19). The Kier molecular flexibility index (Phi) is 5.20. The van der Waals surface area contributed by atoms with Gasteiger partial charge in [-0.1, -0.05) is 17.7 Å². The molecule has 0 spiro atoms. The first-order valence-electron chi connectivity index (χ1n) is 7.04. The molecule has 1 atom stereocenters. The number of fused-ring (bicyclic) bond motifs is 1. The van der Waals surface area contributed by atoms with E-state index in [-0.39, 0.29) is 17.9 Å². The Labute approximate surface area is 128 Å². The number of hydrogen-bond acceptors (Lipinski definition) is 4. The topological polar surface area (TPSA) is 81.4 Å². The average Bonchev–Trinajstić information content (AvgIpc) is 2.77. The van der Waals surface area contributed by atoms with E-state index in [4.69, 9.17) is 22.1 Å². The molecule has 1 aromatic rings. The van der Waals surface area contributed by atoms with Crippen molar-refractivity contribution in [3.05, 3.63) is 28.3 Å². The normalized spacial score (nSPS) is 14.5. The molecule has 1 aromatic carbocycles. The highest BCUT2D eigenvalue weighted by atomic mass is 35.5. The van der Waals surface area contributed by atoms with Gasteiger partial charge in [0.25, 0.3) is 0 Å². The second kappa shape index (κ2) is 6.91. The largest absolute Gasteiger partial charge is 0.466 e. The molecule has 0 aliphatic carbocycles. The highest BCUT2D eigenvalue weighted by molar-refractivity contribution is 6.32. The van der Waals surface area contributed by atoms with Gasteiger partial charge in [0.2, 0.25) is 5.91 Å². The molecule has 1 heterocycles. The van der Waals surface area contributed by atoms with Crippen molar-refractivity contribution < 1.29 is 14.3 Å². The van der Waals surface area contributed by atoms with Gasteiger partial charge in [-0.05, 0) is 37.0 Å². The second-order valence-electron chi connectivity index (χ2n) is 5.06. The molecule has 0 radical (unpaired) electrons. The maximum Gasteiger partial charge on any atom is 0.305 e. The number of carbonyl (C=O) groups is 2. The number of halogens is 1. The fourth-order valence-corrected chi connectivity index (χ4v) is 2.71. The minimum Gasteiger partial charge on any atom is -0.466 e. The van der Waals surface area contributed by atoms with Gasteiger partial charge in [-0.25, -0.2) is 0 Å². The van der Waals surface area contributed by atoms with Crippen LogP contribution in [0.15, 0.2) is 12.1 Å². The van der Waals surface area contributed by atoms with Gasteiger partial charge in [-0.3, -0.25) is 9.59 Å². The monoisotopic (exact) mass is 310 g/mol. The third-order valence-corrected chi connectivity index (χ3v) is 3.78. The van der Waals surface area contributed by atoms with E-state index in [2.05, 4.69) is 5.32 Å². The minimum absolute atomic E-state index is 0.0332. The smallest absolute Gasteiger partial charge is 0.305 e. The molecule has 0 fully saturated rings. The van der Waals surface area contributed by atoms with Crippen molar-refractivity contribution in [3.8, 4) is 0 Å². The van der Waals surface area contributed by atoms with Gasteiger partial charge < -0.3 is 15.8 Å². The highest BCUT2D eigenvalue weighted by Gasteiger charge is 2.21. The number of benzene rings is 1. The molecule has 0 saturated carbocycles. The Morgan fingerprint density at radius 2 is 2.29 bits per heavy atom. The fraction of sp³-hybridized carbons (Fsp3) is 0.467. The SMILES string of the molecule is CCOC(=O)CCCC(N)c1cc2c(cc1Cl)NC(=O)C2. The van der Waals surface area contributed by atoms with Crippen LogP contribution < -0.4 is 11.1 Å². The van der Waals surface area contributed by atoms with Gasteiger partial charge in [0.15, 0.2) is 0 Å². The second-order valence-corrected chi connectivity index (χ2v) is 5.47. The lowest BCUT2D eigenvalue weighted by molar-refractivity contribution is -0.143. The van der Waals surface area contributed by atoms with E-state index in [0.717, 1.165) is 16.8 Å². The molecule has 21 heavy (non-hydrogen) atoms. The number of hydrogen-bond donors (Lipinski definition) is 2. The summed E-state index contributed by atoms with van der Waals surface area (Å²) in [5, 5.41) is 3.29. The Morgan fingerprint density at radius 1 is 1.52 bits per heavy atom. The van der Waals surface area contributed by atoms with E-state index in [9.17, 15) is 9.59 Å². The van der Waals surface area contributed by atoms with E-state index in [1.165, 1.54) is 0 Å². The maximum absolute atomic E-state index is 11.4. The molecule has 3 N–H and O–H groups in total. The van der Waals surface area contributed by atoms with E-state index < -0.39 is 0 Å². The molecular formula is C15H19ClN2O3. The molecule has 6 heteroatoms. The number of nitrogens with two attached hydrogens (primary N) is 1. The summed E-state index contributed by atoms with van der Waals surface area (Å²) in [7, 11) is 0. The molecule has 0 saturated heterocycles. The molecule has 1 amide bonds. The molecule has 2 rings (SSSR count). The van der Waals surface area contributed by atoms with Gasteiger partial charge in [-0.15, -0.1) is 0 Å². The average molecular weight is 311 g/mol. The quantitative estimate of drug-likeness (QED) is 0.791. The predicted octanol–water partition coefficient (Wildman–Crippen LogP) is 2.57. The van der Waals surface area contributed by atoms with Crippen LogP contribution >= 0.6 is 11.6 Å². The van der Waals surface area contributed by atoms with Crippen molar-refractivity contribution in [1.82, 2.24) is 0 Å². The molecule has 1 aliphatic rings. The number of rotatable bonds is 6. The van der Waals surface area contributed by atoms with E-state index in [1.807, 2.05) is 6.07 Å². The van der Waals surface area contributed by atoms with Crippen molar-refractivity contribution >= 4 is 29.2 Å². The summed E-state index contributed by atoms with van der Waals surface area (Å²) in [5.74, 6) is -0.242. The van der Waals surface area contributed by atoms with Crippen LogP contribution in [-0.4, -0.2) is 18.5 Å². The van der Waals surface area contributed by atoms with Crippen LogP contribution in [0.5, 0.6) is 0 Å². The molecule has 0 bridgehead atoms. The Balaban J connectivity index is 1.97. The Bertz CT molecular complexity index is 560. The highest BCUT2D eigenvalue weighted by Crippen LogP contribution is 2.33. The van der Waals surface area contributed by atoms with Gasteiger partial charge in [0, 0.05) is 23.2 Å². The van der Waals surface area contributed by atoms with E-state index >= 15 is 0 Å². The third-order valence-electron chi connectivity index (χ3n) is 3.45. The zero-order chi connectivity index (χ0) is 15.4.